The first-order valence-electron chi connectivity index (χ1n) is 6.87. The van der Waals surface area contributed by atoms with Crippen molar-refractivity contribution in [3.05, 3.63) is 70.5 Å². The van der Waals surface area contributed by atoms with Crippen LogP contribution < -0.4 is 5.32 Å². The summed E-state index contributed by atoms with van der Waals surface area (Å²) in [6.07, 6.45) is 2.88. The van der Waals surface area contributed by atoms with Gasteiger partial charge in [-0.3, -0.25) is 0 Å². The SMILES string of the molecule is CNC(CCCc1ccc(Cl)c(F)c1)c1ccccc1. The van der Waals surface area contributed by atoms with Crippen LogP contribution in [0.3, 0.4) is 0 Å². The predicted molar refractivity (Wildman–Crippen MR) is 82.6 cm³/mol. The summed E-state index contributed by atoms with van der Waals surface area (Å²) < 4.78 is 13.4. The van der Waals surface area contributed by atoms with E-state index >= 15 is 0 Å². The number of aryl methyl sites for hydroxylation is 1. The van der Waals surface area contributed by atoms with E-state index in [0.717, 1.165) is 24.8 Å². The van der Waals surface area contributed by atoms with Gasteiger partial charge in [0.2, 0.25) is 0 Å². The molecule has 0 aliphatic rings. The molecule has 0 aromatic heterocycles. The summed E-state index contributed by atoms with van der Waals surface area (Å²) in [5.74, 6) is -0.336. The van der Waals surface area contributed by atoms with Crippen molar-refractivity contribution in [2.45, 2.75) is 25.3 Å². The zero-order chi connectivity index (χ0) is 14.4. The van der Waals surface area contributed by atoms with E-state index in [2.05, 4.69) is 17.4 Å². The van der Waals surface area contributed by atoms with Crippen LogP contribution in [0.4, 0.5) is 4.39 Å². The number of hydrogen-bond acceptors (Lipinski definition) is 1. The molecule has 0 aliphatic carbocycles. The Balaban J connectivity index is 1.89. The number of benzene rings is 2. The molecule has 0 saturated carbocycles. The van der Waals surface area contributed by atoms with E-state index < -0.39 is 0 Å². The van der Waals surface area contributed by atoms with Gasteiger partial charge in [0.05, 0.1) is 5.02 Å². The van der Waals surface area contributed by atoms with Crippen LogP contribution in [0.2, 0.25) is 5.02 Å². The first-order chi connectivity index (χ1) is 9.70. The average molecular weight is 292 g/mol. The molecule has 3 heteroatoms. The highest BCUT2D eigenvalue weighted by Crippen LogP contribution is 2.21. The van der Waals surface area contributed by atoms with Gasteiger partial charge in [-0.25, -0.2) is 4.39 Å². The van der Waals surface area contributed by atoms with Crippen molar-refractivity contribution >= 4 is 11.6 Å². The van der Waals surface area contributed by atoms with Crippen molar-refractivity contribution in [1.82, 2.24) is 5.32 Å². The van der Waals surface area contributed by atoms with Crippen molar-refractivity contribution in [2.75, 3.05) is 7.05 Å². The summed E-state index contributed by atoms with van der Waals surface area (Å²) in [4.78, 5) is 0. The lowest BCUT2D eigenvalue weighted by molar-refractivity contribution is 0.526. The van der Waals surface area contributed by atoms with Crippen LogP contribution in [-0.4, -0.2) is 7.05 Å². The molecule has 0 spiro atoms. The normalized spacial score (nSPS) is 12.3. The Morgan fingerprint density at radius 3 is 2.55 bits per heavy atom. The van der Waals surface area contributed by atoms with Crippen molar-refractivity contribution in [3.63, 3.8) is 0 Å². The lowest BCUT2D eigenvalue weighted by atomic mass is 9.99. The molecule has 1 atom stereocenters. The van der Waals surface area contributed by atoms with Crippen LogP contribution >= 0.6 is 11.6 Å². The van der Waals surface area contributed by atoms with Crippen molar-refractivity contribution in [3.8, 4) is 0 Å². The lowest BCUT2D eigenvalue weighted by Crippen LogP contribution is -2.16. The van der Waals surface area contributed by atoms with Crippen molar-refractivity contribution in [2.24, 2.45) is 0 Å². The monoisotopic (exact) mass is 291 g/mol. The predicted octanol–water partition coefficient (Wildman–Crippen LogP) is 4.76. The number of hydrogen-bond donors (Lipinski definition) is 1. The van der Waals surface area contributed by atoms with Gasteiger partial charge in [-0.1, -0.05) is 48.0 Å². The van der Waals surface area contributed by atoms with Crippen LogP contribution in [-0.2, 0) is 6.42 Å². The van der Waals surface area contributed by atoms with E-state index in [-0.39, 0.29) is 10.8 Å². The van der Waals surface area contributed by atoms with Crippen molar-refractivity contribution in [1.29, 1.82) is 0 Å². The quantitative estimate of drug-likeness (QED) is 0.809. The van der Waals surface area contributed by atoms with Crippen LogP contribution in [0.25, 0.3) is 0 Å². The molecule has 2 aromatic carbocycles. The zero-order valence-electron chi connectivity index (χ0n) is 11.6. The third-order valence-electron chi connectivity index (χ3n) is 3.49. The molecule has 0 fully saturated rings. The Hall–Kier alpha value is -1.38. The largest absolute Gasteiger partial charge is 0.313 e. The smallest absolute Gasteiger partial charge is 0.142 e. The third-order valence-corrected chi connectivity index (χ3v) is 3.80. The van der Waals surface area contributed by atoms with E-state index in [0.29, 0.717) is 6.04 Å². The summed E-state index contributed by atoms with van der Waals surface area (Å²) in [7, 11) is 1.97. The Labute approximate surface area is 124 Å². The van der Waals surface area contributed by atoms with Gasteiger partial charge in [0, 0.05) is 6.04 Å². The summed E-state index contributed by atoms with van der Waals surface area (Å²) in [6, 6.07) is 15.8. The van der Waals surface area contributed by atoms with Crippen molar-refractivity contribution < 1.29 is 4.39 Å². The highest BCUT2D eigenvalue weighted by atomic mass is 35.5. The van der Waals surface area contributed by atoms with E-state index in [4.69, 9.17) is 11.6 Å². The van der Waals surface area contributed by atoms with Crippen LogP contribution in [0.15, 0.2) is 48.5 Å². The van der Waals surface area contributed by atoms with Gasteiger partial charge in [-0.15, -0.1) is 0 Å². The molecule has 1 unspecified atom stereocenters. The van der Waals surface area contributed by atoms with Gasteiger partial charge < -0.3 is 5.32 Å². The second-order valence-corrected chi connectivity index (χ2v) is 5.30. The fourth-order valence-corrected chi connectivity index (χ4v) is 2.49. The molecule has 0 aliphatic heterocycles. The molecule has 0 bridgehead atoms. The van der Waals surface area contributed by atoms with Gasteiger partial charge in [-0.05, 0) is 49.6 Å². The minimum absolute atomic E-state index is 0.186. The number of halogens is 2. The summed E-state index contributed by atoms with van der Waals surface area (Å²) >= 11 is 5.68. The van der Waals surface area contributed by atoms with Crippen LogP contribution in [0.1, 0.15) is 30.0 Å². The molecule has 0 heterocycles. The Bertz CT molecular complexity index is 542. The highest BCUT2D eigenvalue weighted by molar-refractivity contribution is 6.30. The maximum Gasteiger partial charge on any atom is 0.142 e. The summed E-state index contributed by atoms with van der Waals surface area (Å²) in [5.41, 5.74) is 2.28. The summed E-state index contributed by atoms with van der Waals surface area (Å²) in [6.45, 7) is 0. The highest BCUT2D eigenvalue weighted by Gasteiger charge is 2.08. The molecule has 0 amide bonds. The first-order valence-corrected chi connectivity index (χ1v) is 7.24. The van der Waals surface area contributed by atoms with E-state index in [1.165, 1.54) is 11.6 Å². The minimum Gasteiger partial charge on any atom is -0.313 e. The van der Waals surface area contributed by atoms with Gasteiger partial charge in [-0.2, -0.15) is 0 Å². The molecule has 0 saturated heterocycles. The fourth-order valence-electron chi connectivity index (χ4n) is 2.37. The average Bonchev–Trinajstić information content (AvgIpc) is 2.48. The van der Waals surface area contributed by atoms with Gasteiger partial charge in [0.15, 0.2) is 0 Å². The molecule has 106 valence electrons. The second kappa shape index (κ2) is 7.41. The van der Waals surface area contributed by atoms with E-state index in [1.807, 2.05) is 31.3 Å². The maximum atomic E-state index is 13.4. The van der Waals surface area contributed by atoms with Gasteiger partial charge in [0.25, 0.3) is 0 Å². The lowest BCUT2D eigenvalue weighted by Gasteiger charge is -2.16. The third kappa shape index (κ3) is 4.06. The molecule has 2 aromatic rings. The Morgan fingerprint density at radius 1 is 1.15 bits per heavy atom. The molecule has 1 nitrogen and oxygen atoms in total. The van der Waals surface area contributed by atoms with Gasteiger partial charge in [0.1, 0.15) is 5.82 Å². The van der Waals surface area contributed by atoms with E-state index in [9.17, 15) is 4.39 Å². The fraction of sp³-hybridized carbons (Fsp3) is 0.294. The zero-order valence-corrected chi connectivity index (χ0v) is 12.3. The summed E-state index contributed by atoms with van der Waals surface area (Å²) in [5, 5.41) is 3.52. The molecule has 1 N–H and O–H groups in total. The van der Waals surface area contributed by atoms with Crippen LogP contribution in [0.5, 0.6) is 0 Å². The number of nitrogens with one attached hydrogen (secondary N) is 1. The van der Waals surface area contributed by atoms with E-state index in [1.54, 1.807) is 6.07 Å². The molecule has 20 heavy (non-hydrogen) atoms. The molecular formula is C17H19ClFN. The van der Waals surface area contributed by atoms with Crippen LogP contribution in [0, 0.1) is 5.82 Å². The maximum absolute atomic E-state index is 13.4. The first kappa shape index (κ1) is 15.0. The molecular weight excluding hydrogens is 273 g/mol. The van der Waals surface area contributed by atoms with Gasteiger partial charge >= 0.3 is 0 Å². The standard InChI is InChI=1S/C17H19ClFN/c1-20-17(14-7-3-2-4-8-14)9-5-6-13-10-11-15(18)16(19)12-13/h2-4,7-8,10-12,17,20H,5-6,9H2,1H3. The number of rotatable bonds is 6. The topological polar surface area (TPSA) is 12.0 Å². The second-order valence-electron chi connectivity index (χ2n) is 4.89. The Morgan fingerprint density at radius 2 is 1.90 bits per heavy atom. The molecule has 2 rings (SSSR count). The minimum atomic E-state index is -0.336. The molecule has 0 radical (unpaired) electrons. The Kier molecular flexibility index (Phi) is 5.57.